The Morgan fingerprint density at radius 2 is 1.92 bits per heavy atom. The van der Waals surface area contributed by atoms with Gasteiger partial charge < -0.3 is 28.8 Å². The first-order chi connectivity index (χ1) is 18.7. The van der Waals surface area contributed by atoms with E-state index in [1.165, 1.54) is 0 Å². The average Bonchev–Trinajstić information content (AvgIpc) is 3.61. The second-order valence-electron chi connectivity index (χ2n) is 10.1. The van der Waals surface area contributed by atoms with Gasteiger partial charge in [0, 0.05) is 25.7 Å². The smallest absolute Gasteiger partial charge is 0.410 e. The van der Waals surface area contributed by atoms with Crippen LogP contribution in [0.25, 0.3) is 22.8 Å². The zero-order chi connectivity index (χ0) is 27.6. The molecule has 11 heteroatoms. The lowest BCUT2D eigenvalue weighted by Gasteiger charge is -2.29. The van der Waals surface area contributed by atoms with Gasteiger partial charge in [-0.2, -0.15) is 4.52 Å². The predicted molar refractivity (Wildman–Crippen MR) is 146 cm³/mol. The van der Waals surface area contributed by atoms with Crippen LogP contribution in [-0.2, 0) is 11.3 Å². The number of aromatic nitrogens is 4. The van der Waals surface area contributed by atoms with Crippen molar-refractivity contribution in [3.63, 3.8) is 0 Å². The van der Waals surface area contributed by atoms with E-state index in [1.54, 1.807) is 36.0 Å². The molecule has 0 unspecified atom stereocenters. The Morgan fingerprint density at radius 1 is 1.10 bits per heavy atom. The lowest BCUT2D eigenvalue weighted by Crippen LogP contribution is -2.39. The topological polar surface area (TPSA) is 116 Å². The molecule has 1 aliphatic rings. The number of methoxy groups -OCH3 is 2. The van der Waals surface area contributed by atoms with Crippen molar-refractivity contribution < 1.29 is 23.4 Å². The fourth-order valence-electron chi connectivity index (χ4n) is 4.24. The molecule has 0 atom stereocenters. The lowest BCUT2D eigenvalue weighted by molar-refractivity contribution is 0.0270. The second kappa shape index (κ2) is 10.7. The number of ether oxygens (including phenoxy) is 3. The van der Waals surface area contributed by atoms with Crippen LogP contribution in [0, 0.1) is 0 Å². The standard InChI is InChI=1S/C28H32N6O5/c1-28(2,3)39-27(35)33-12-10-19(11-13-33)20-16-24-31-25(22-7-6-14-38-22)32-34(24)26(30-20)29-17-18-8-9-21(36-4)23(15-18)37-5/h6-10,14-16H,11-13,17H2,1-5H3,(H,29,30). The largest absolute Gasteiger partial charge is 0.493 e. The normalized spacial score (nSPS) is 13.8. The van der Waals surface area contributed by atoms with Crippen LogP contribution in [0.2, 0.25) is 0 Å². The summed E-state index contributed by atoms with van der Waals surface area (Å²) in [5, 5.41) is 8.03. The third-order valence-electron chi connectivity index (χ3n) is 6.15. The zero-order valence-corrected chi connectivity index (χ0v) is 22.7. The molecule has 0 aliphatic carbocycles. The van der Waals surface area contributed by atoms with Gasteiger partial charge in [0.1, 0.15) is 5.60 Å². The molecule has 0 saturated heterocycles. The molecule has 0 radical (unpaired) electrons. The Hall–Kier alpha value is -4.54. The van der Waals surface area contributed by atoms with Crippen molar-refractivity contribution >= 4 is 23.3 Å². The maximum Gasteiger partial charge on any atom is 0.410 e. The molecule has 204 valence electrons. The lowest BCUT2D eigenvalue weighted by atomic mass is 10.0. The van der Waals surface area contributed by atoms with Gasteiger partial charge in [-0.05, 0) is 62.6 Å². The van der Waals surface area contributed by atoms with E-state index >= 15 is 0 Å². The van der Waals surface area contributed by atoms with Crippen LogP contribution >= 0.6 is 0 Å². The van der Waals surface area contributed by atoms with E-state index < -0.39 is 5.60 Å². The Morgan fingerprint density at radius 3 is 2.59 bits per heavy atom. The van der Waals surface area contributed by atoms with Gasteiger partial charge in [0.05, 0.1) is 26.2 Å². The van der Waals surface area contributed by atoms with Gasteiger partial charge in [-0.1, -0.05) is 12.1 Å². The number of carbonyl (C=O) groups is 1. The van der Waals surface area contributed by atoms with Gasteiger partial charge >= 0.3 is 6.09 Å². The van der Waals surface area contributed by atoms with Crippen molar-refractivity contribution in [3.05, 3.63) is 60.0 Å². The van der Waals surface area contributed by atoms with Gasteiger partial charge in [-0.3, -0.25) is 0 Å². The molecule has 0 bridgehead atoms. The molecule has 0 fully saturated rings. The first-order valence-electron chi connectivity index (χ1n) is 12.7. The summed E-state index contributed by atoms with van der Waals surface area (Å²) in [6.07, 6.45) is 3.91. The molecule has 0 spiro atoms. The van der Waals surface area contributed by atoms with E-state index in [1.807, 2.05) is 57.2 Å². The van der Waals surface area contributed by atoms with E-state index in [2.05, 4.69) is 15.4 Å². The van der Waals surface area contributed by atoms with Gasteiger partial charge in [-0.15, -0.1) is 5.10 Å². The highest BCUT2D eigenvalue weighted by Gasteiger charge is 2.25. The van der Waals surface area contributed by atoms with Crippen LogP contribution in [-0.4, -0.2) is 63.5 Å². The fraction of sp³-hybridized carbons (Fsp3) is 0.357. The molecule has 5 rings (SSSR count). The summed E-state index contributed by atoms with van der Waals surface area (Å²) < 4.78 is 23.5. The molecule has 1 aliphatic heterocycles. The van der Waals surface area contributed by atoms with E-state index in [9.17, 15) is 4.79 Å². The molecule has 1 amide bonds. The summed E-state index contributed by atoms with van der Waals surface area (Å²) in [7, 11) is 3.22. The minimum Gasteiger partial charge on any atom is -0.493 e. The molecular formula is C28H32N6O5. The number of amides is 1. The molecule has 0 saturated carbocycles. The number of hydrogen-bond donors (Lipinski definition) is 1. The van der Waals surface area contributed by atoms with Crippen LogP contribution in [0.4, 0.5) is 10.7 Å². The SMILES string of the molecule is COc1ccc(CNc2nc(C3=CCN(C(=O)OC(C)(C)C)CC3)cc3nc(-c4ccco4)nn23)cc1OC. The van der Waals surface area contributed by atoms with Crippen LogP contribution in [0.5, 0.6) is 11.5 Å². The van der Waals surface area contributed by atoms with E-state index in [0.717, 1.165) is 16.8 Å². The summed E-state index contributed by atoms with van der Waals surface area (Å²) in [5.41, 5.74) is 2.84. The van der Waals surface area contributed by atoms with Crippen molar-refractivity contribution in [3.8, 4) is 23.1 Å². The van der Waals surface area contributed by atoms with Gasteiger partial charge in [0.2, 0.25) is 11.8 Å². The van der Waals surface area contributed by atoms with Crippen molar-refractivity contribution in [1.82, 2.24) is 24.5 Å². The zero-order valence-electron chi connectivity index (χ0n) is 22.7. The maximum absolute atomic E-state index is 12.5. The quantitative estimate of drug-likeness (QED) is 0.349. The number of hydrogen-bond acceptors (Lipinski definition) is 9. The first kappa shape index (κ1) is 26.1. The first-order valence-corrected chi connectivity index (χ1v) is 12.7. The number of rotatable bonds is 7. The number of carbonyl (C=O) groups excluding carboxylic acids is 1. The molecule has 39 heavy (non-hydrogen) atoms. The third kappa shape index (κ3) is 5.82. The Bertz CT molecular complexity index is 1500. The average molecular weight is 533 g/mol. The number of fused-ring (bicyclic) bond motifs is 1. The molecule has 4 aromatic rings. The summed E-state index contributed by atoms with van der Waals surface area (Å²) in [6.45, 7) is 7.03. The Labute approximate surface area is 226 Å². The predicted octanol–water partition coefficient (Wildman–Crippen LogP) is 5.04. The van der Waals surface area contributed by atoms with Crippen molar-refractivity contribution in [2.45, 2.75) is 39.3 Å². The van der Waals surface area contributed by atoms with Gasteiger partial charge in [-0.25, -0.2) is 14.8 Å². The summed E-state index contributed by atoms with van der Waals surface area (Å²) >= 11 is 0. The molecule has 11 nitrogen and oxygen atoms in total. The highest BCUT2D eigenvalue weighted by Crippen LogP contribution is 2.29. The molecule has 1 aromatic carbocycles. The monoisotopic (exact) mass is 532 g/mol. The molecule has 4 heterocycles. The number of benzene rings is 1. The van der Waals surface area contributed by atoms with E-state index in [4.69, 9.17) is 23.6 Å². The van der Waals surface area contributed by atoms with Crippen LogP contribution in [0.1, 0.15) is 38.4 Å². The number of furan rings is 1. The van der Waals surface area contributed by atoms with Crippen molar-refractivity contribution in [2.24, 2.45) is 0 Å². The minimum absolute atomic E-state index is 0.320. The van der Waals surface area contributed by atoms with Gasteiger partial charge in [0.15, 0.2) is 22.9 Å². The van der Waals surface area contributed by atoms with Crippen LogP contribution in [0.15, 0.2) is 53.2 Å². The van der Waals surface area contributed by atoms with Crippen molar-refractivity contribution in [2.75, 3.05) is 32.6 Å². The Kier molecular flexibility index (Phi) is 7.14. The molecule has 1 N–H and O–H groups in total. The molecular weight excluding hydrogens is 500 g/mol. The third-order valence-corrected chi connectivity index (χ3v) is 6.15. The highest BCUT2D eigenvalue weighted by molar-refractivity contribution is 5.73. The molecule has 3 aromatic heterocycles. The second-order valence-corrected chi connectivity index (χ2v) is 10.1. The summed E-state index contributed by atoms with van der Waals surface area (Å²) in [4.78, 5) is 23.8. The summed E-state index contributed by atoms with van der Waals surface area (Å²) in [6, 6.07) is 11.2. The Balaban J connectivity index is 1.44. The minimum atomic E-state index is -0.540. The van der Waals surface area contributed by atoms with Crippen LogP contribution in [0.3, 0.4) is 0 Å². The summed E-state index contributed by atoms with van der Waals surface area (Å²) in [5.74, 6) is 2.86. The number of nitrogens with one attached hydrogen (secondary N) is 1. The maximum atomic E-state index is 12.5. The number of nitrogens with zero attached hydrogens (tertiary/aromatic N) is 5. The fourth-order valence-corrected chi connectivity index (χ4v) is 4.24. The van der Waals surface area contributed by atoms with E-state index in [0.29, 0.717) is 60.7 Å². The highest BCUT2D eigenvalue weighted by atomic mass is 16.6. The van der Waals surface area contributed by atoms with Crippen molar-refractivity contribution in [1.29, 1.82) is 0 Å². The number of anilines is 1. The van der Waals surface area contributed by atoms with E-state index in [-0.39, 0.29) is 6.09 Å². The van der Waals surface area contributed by atoms with Crippen LogP contribution < -0.4 is 14.8 Å². The van der Waals surface area contributed by atoms with Gasteiger partial charge in [0.25, 0.3) is 0 Å².